The maximum atomic E-state index is 13.2. The number of fused-ring (bicyclic) bond motifs is 6. The zero-order chi connectivity index (χ0) is 35.5. The summed E-state index contributed by atoms with van der Waals surface area (Å²) in [6.45, 7) is 0. The van der Waals surface area contributed by atoms with E-state index in [2.05, 4.69) is 12.1 Å². The van der Waals surface area contributed by atoms with E-state index in [-0.39, 0.29) is 18.4 Å². The van der Waals surface area contributed by atoms with Crippen molar-refractivity contribution in [3.05, 3.63) is 129 Å². The molecule has 0 aromatic heterocycles. The van der Waals surface area contributed by atoms with Crippen LogP contribution < -0.4 is 0 Å². The van der Waals surface area contributed by atoms with Gasteiger partial charge in [-0.1, -0.05) is 54.6 Å². The Hall–Kier alpha value is -6.36. The Bertz CT molecular complexity index is 2370. The van der Waals surface area contributed by atoms with Crippen LogP contribution in [0.5, 0.6) is 0 Å². The Labute approximate surface area is 282 Å². The number of benzene rings is 4. The van der Waals surface area contributed by atoms with Gasteiger partial charge in [-0.05, 0) is 110 Å². The van der Waals surface area contributed by atoms with Gasteiger partial charge in [-0.25, -0.2) is 0 Å². The van der Waals surface area contributed by atoms with E-state index in [1.807, 2.05) is 36.4 Å². The molecule has 4 aromatic rings. The molecule has 0 amide bonds. The second kappa shape index (κ2) is 11.7. The minimum atomic E-state index is -4.50. The minimum Gasteiger partial charge on any atom is -0.197 e. The highest BCUT2D eigenvalue weighted by Crippen LogP contribution is 2.55. The number of halogens is 6. The van der Waals surface area contributed by atoms with E-state index in [0.717, 1.165) is 18.2 Å². The van der Waals surface area contributed by atoms with E-state index in [1.165, 1.54) is 18.2 Å². The van der Waals surface area contributed by atoms with Crippen LogP contribution in [0.15, 0.2) is 96.1 Å². The molecule has 1 unspecified atom stereocenters. The summed E-state index contributed by atoms with van der Waals surface area (Å²) in [5, 5.41) is 40.1. The number of nitrogens with zero attached hydrogens (tertiary/aromatic N) is 4. The maximum Gasteiger partial charge on any atom is 0.416 e. The van der Waals surface area contributed by atoms with Crippen molar-refractivity contribution in [1.82, 2.24) is 0 Å². The van der Waals surface area contributed by atoms with Crippen LogP contribution in [0, 0.1) is 51.2 Å². The summed E-state index contributed by atoms with van der Waals surface area (Å²) in [5.41, 5.74) is 6.42. The molecule has 10 heteroatoms. The van der Waals surface area contributed by atoms with Gasteiger partial charge >= 0.3 is 12.4 Å². The van der Waals surface area contributed by atoms with Gasteiger partial charge in [-0.2, -0.15) is 47.4 Å². The lowest BCUT2D eigenvalue weighted by Gasteiger charge is -2.19. The van der Waals surface area contributed by atoms with Gasteiger partial charge in [-0.15, -0.1) is 0 Å². The second-order valence-corrected chi connectivity index (χ2v) is 12.2. The summed E-state index contributed by atoms with van der Waals surface area (Å²) in [6, 6.07) is 27.2. The van der Waals surface area contributed by atoms with Gasteiger partial charge in [0.1, 0.15) is 23.6 Å². The summed E-state index contributed by atoms with van der Waals surface area (Å²) in [5.74, 6) is -1.80. The van der Waals surface area contributed by atoms with E-state index >= 15 is 0 Å². The third-order valence-electron chi connectivity index (χ3n) is 9.56. The molecular formula is C40H20F6N4. The standard InChI is InChI=1S/C40H20F6N4/c41-39(42,43)27-7-1-21(2-8-27)23-5-11-29-31-15-36-32(16-35(31)37(33(29)13-23)25(17-47)18-48)30-12-6-24(14-34(30)38(36)26(19-49)20-50)22-3-9-28(10-4-22)40(44,45)46/h1-3,5-9,11-16,26,38H,4,10H2. The summed E-state index contributed by atoms with van der Waals surface area (Å²) in [7, 11) is 0. The van der Waals surface area contributed by atoms with Gasteiger partial charge in [0.15, 0.2) is 0 Å². The number of alkyl halides is 6. The Morgan fingerprint density at radius 3 is 1.80 bits per heavy atom. The summed E-state index contributed by atoms with van der Waals surface area (Å²) in [6.07, 6.45) is -6.39. The Morgan fingerprint density at radius 2 is 1.20 bits per heavy atom. The van der Waals surface area contributed by atoms with E-state index in [1.54, 1.807) is 24.3 Å². The van der Waals surface area contributed by atoms with E-state index in [9.17, 15) is 47.4 Å². The molecule has 3 aliphatic carbocycles. The molecule has 50 heavy (non-hydrogen) atoms. The summed E-state index contributed by atoms with van der Waals surface area (Å²) >= 11 is 0. The van der Waals surface area contributed by atoms with Crippen molar-refractivity contribution in [1.29, 1.82) is 21.0 Å². The van der Waals surface area contributed by atoms with Crippen LogP contribution in [-0.4, -0.2) is 6.18 Å². The fourth-order valence-corrected chi connectivity index (χ4v) is 7.19. The maximum absolute atomic E-state index is 13.2. The molecule has 0 fully saturated rings. The SMILES string of the molecule is N#CC(C#N)=C1c2cc(-c3ccc(C(F)(F)F)cc3)ccc2-c2cc3c(cc21)-c1ccc(C2=CC=C(C(F)(F)F)CC2)cc1C3C(C#N)C#N. The lowest BCUT2D eigenvalue weighted by molar-refractivity contribution is -0.137. The van der Waals surface area contributed by atoms with E-state index in [0.29, 0.717) is 72.3 Å². The zero-order valence-electron chi connectivity index (χ0n) is 25.7. The number of hydrogen-bond acceptors (Lipinski definition) is 4. The average Bonchev–Trinajstić information content (AvgIpc) is 3.59. The Balaban J connectivity index is 1.38. The predicted molar refractivity (Wildman–Crippen MR) is 173 cm³/mol. The van der Waals surface area contributed by atoms with E-state index in [4.69, 9.17) is 0 Å². The molecule has 0 bridgehead atoms. The van der Waals surface area contributed by atoms with Gasteiger partial charge in [0, 0.05) is 17.1 Å². The fourth-order valence-electron chi connectivity index (χ4n) is 7.19. The quantitative estimate of drug-likeness (QED) is 0.141. The van der Waals surface area contributed by atoms with Crippen LogP contribution in [-0.2, 0) is 6.18 Å². The molecule has 0 saturated carbocycles. The van der Waals surface area contributed by atoms with Gasteiger partial charge in [0.25, 0.3) is 0 Å². The minimum absolute atomic E-state index is 0.165. The van der Waals surface area contributed by atoms with Crippen molar-refractivity contribution in [2.24, 2.45) is 5.92 Å². The third kappa shape index (κ3) is 5.14. The molecule has 242 valence electrons. The second-order valence-electron chi connectivity index (χ2n) is 12.2. The van der Waals surface area contributed by atoms with Crippen LogP contribution in [0.1, 0.15) is 52.1 Å². The summed E-state index contributed by atoms with van der Waals surface area (Å²) in [4.78, 5) is 0. The van der Waals surface area contributed by atoms with E-state index < -0.39 is 35.3 Å². The lowest BCUT2D eigenvalue weighted by Crippen LogP contribution is -2.13. The Morgan fingerprint density at radius 1 is 0.580 bits per heavy atom. The topological polar surface area (TPSA) is 95.2 Å². The molecule has 3 aliphatic rings. The molecular weight excluding hydrogens is 650 g/mol. The molecule has 1 atom stereocenters. The number of nitriles is 4. The molecule has 0 radical (unpaired) electrons. The number of hydrogen-bond donors (Lipinski definition) is 0. The van der Waals surface area contributed by atoms with Crippen LogP contribution in [0.4, 0.5) is 26.3 Å². The molecule has 4 nitrogen and oxygen atoms in total. The van der Waals surface area contributed by atoms with Crippen molar-refractivity contribution < 1.29 is 26.3 Å². The molecule has 0 N–H and O–H groups in total. The van der Waals surface area contributed by atoms with Crippen LogP contribution in [0.2, 0.25) is 0 Å². The van der Waals surface area contributed by atoms with Crippen molar-refractivity contribution in [2.45, 2.75) is 31.1 Å². The zero-order valence-corrected chi connectivity index (χ0v) is 25.7. The first kappa shape index (κ1) is 32.2. The predicted octanol–water partition coefficient (Wildman–Crippen LogP) is 10.6. The van der Waals surface area contributed by atoms with Gasteiger partial charge in [-0.3, -0.25) is 0 Å². The monoisotopic (exact) mass is 670 g/mol. The normalized spacial score (nSPS) is 15.7. The van der Waals surface area contributed by atoms with Crippen molar-refractivity contribution in [2.75, 3.05) is 0 Å². The molecule has 0 heterocycles. The van der Waals surface area contributed by atoms with Gasteiger partial charge in [0.2, 0.25) is 0 Å². The molecule has 4 aromatic carbocycles. The third-order valence-corrected chi connectivity index (χ3v) is 9.56. The molecule has 7 rings (SSSR count). The van der Waals surface area contributed by atoms with Crippen molar-refractivity contribution in [3.63, 3.8) is 0 Å². The average molecular weight is 671 g/mol. The van der Waals surface area contributed by atoms with Crippen LogP contribution >= 0.6 is 0 Å². The number of allylic oxidation sites excluding steroid dienone is 5. The van der Waals surface area contributed by atoms with Crippen LogP contribution in [0.3, 0.4) is 0 Å². The fraction of sp³-hybridized carbons (Fsp3) is 0.150. The van der Waals surface area contributed by atoms with Gasteiger partial charge in [0.05, 0.1) is 17.7 Å². The first-order chi connectivity index (χ1) is 23.9. The highest BCUT2D eigenvalue weighted by molar-refractivity contribution is 6.07. The van der Waals surface area contributed by atoms with Crippen molar-refractivity contribution >= 4 is 11.1 Å². The smallest absolute Gasteiger partial charge is 0.197 e. The highest BCUT2D eigenvalue weighted by atomic mass is 19.4. The Kier molecular flexibility index (Phi) is 7.51. The molecule has 0 spiro atoms. The first-order valence-corrected chi connectivity index (χ1v) is 15.3. The molecule has 0 aliphatic heterocycles. The first-order valence-electron chi connectivity index (χ1n) is 15.3. The number of rotatable bonds is 3. The van der Waals surface area contributed by atoms with Crippen molar-refractivity contribution in [3.8, 4) is 57.7 Å². The highest BCUT2D eigenvalue weighted by Gasteiger charge is 2.39. The molecule has 0 saturated heterocycles. The van der Waals surface area contributed by atoms with Crippen LogP contribution in [0.25, 0.3) is 44.5 Å². The lowest BCUT2D eigenvalue weighted by atomic mass is 9.83. The van der Waals surface area contributed by atoms with Gasteiger partial charge < -0.3 is 0 Å². The largest absolute Gasteiger partial charge is 0.416 e. The summed E-state index contributed by atoms with van der Waals surface area (Å²) < 4.78 is 79.3.